The number of hydrogen-bond acceptors (Lipinski definition) is 1. The maximum absolute atomic E-state index is 12.3. The van der Waals surface area contributed by atoms with Gasteiger partial charge in [-0.1, -0.05) is 18.7 Å². The molecule has 0 heterocycles. The van der Waals surface area contributed by atoms with Crippen LogP contribution in [0.3, 0.4) is 0 Å². The van der Waals surface area contributed by atoms with Crippen LogP contribution >= 0.6 is 0 Å². The molecule has 0 spiro atoms. The van der Waals surface area contributed by atoms with Crippen LogP contribution in [-0.2, 0) is 11.0 Å². The van der Waals surface area contributed by atoms with Crippen LogP contribution in [0.15, 0.2) is 36.9 Å². The summed E-state index contributed by atoms with van der Waals surface area (Å²) < 4.78 is 36.9. The Kier molecular flexibility index (Phi) is 3.93. The van der Waals surface area contributed by atoms with Gasteiger partial charge in [0, 0.05) is 0 Å². The molecule has 0 aliphatic rings. The molecule has 1 aromatic rings. The van der Waals surface area contributed by atoms with Crippen LogP contribution in [0.25, 0.3) is 0 Å². The van der Waals surface area contributed by atoms with Gasteiger partial charge in [-0.2, -0.15) is 13.2 Å². The Morgan fingerprint density at radius 2 is 1.88 bits per heavy atom. The molecule has 0 bridgehead atoms. The largest absolute Gasteiger partial charge is 0.416 e. The van der Waals surface area contributed by atoms with Gasteiger partial charge in [0.2, 0.25) is 5.91 Å². The number of amides is 1. The summed E-state index contributed by atoms with van der Waals surface area (Å²) in [6.07, 6.45) is -3.23. The zero-order valence-corrected chi connectivity index (χ0v) is 9.21. The van der Waals surface area contributed by atoms with Gasteiger partial charge < -0.3 is 5.32 Å². The minimum atomic E-state index is -4.34. The maximum atomic E-state index is 12.3. The molecule has 2 nitrogen and oxygen atoms in total. The number of halogens is 3. The highest BCUT2D eigenvalue weighted by atomic mass is 19.4. The molecule has 92 valence electrons. The van der Waals surface area contributed by atoms with E-state index in [1.807, 2.05) is 0 Å². The molecule has 1 atom stereocenters. The zero-order valence-electron chi connectivity index (χ0n) is 9.21. The average Bonchev–Trinajstić information content (AvgIpc) is 2.27. The Balaban J connectivity index is 2.80. The summed E-state index contributed by atoms with van der Waals surface area (Å²) in [5.41, 5.74) is -0.100. The first kappa shape index (κ1) is 13.3. The van der Waals surface area contributed by atoms with E-state index in [9.17, 15) is 18.0 Å². The van der Waals surface area contributed by atoms with Crippen molar-refractivity contribution in [2.75, 3.05) is 0 Å². The predicted molar refractivity (Wildman–Crippen MR) is 58.2 cm³/mol. The predicted octanol–water partition coefficient (Wildman–Crippen LogP) is 3.07. The SMILES string of the molecule is C=CC(=O)N[C@@H](C)c1ccc(C(F)(F)F)cc1. The number of nitrogens with one attached hydrogen (secondary N) is 1. The summed E-state index contributed by atoms with van der Waals surface area (Å²) in [6.45, 7) is 4.98. The molecule has 1 N–H and O–H groups in total. The maximum Gasteiger partial charge on any atom is 0.416 e. The molecule has 1 amide bonds. The fourth-order valence-electron chi connectivity index (χ4n) is 1.32. The third kappa shape index (κ3) is 3.62. The lowest BCUT2D eigenvalue weighted by Crippen LogP contribution is -2.24. The van der Waals surface area contributed by atoms with E-state index < -0.39 is 11.7 Å². The fourth-order valence-corrected chi connectivity index (χ4v) is 1.32. The third-order valence-corrected chi connectivity index (χ3v) is 2.28. The minimum absolute atomic E-state index is 0.359. The van der Waals surface area contributed by atoms with E-state index in [-0.39, 0.29) is 11.9 Å². The zero-order chi connectivity index (χ0) is 13.1. The van der Waals surface area contributed by atoms with Crippen molar-refractivity contribution >= 4 is 5.91 Å². The topological polar surface area (TPSA) is 29.1 Å². The summed E-state index contributed by atoms with van der Waals surface area (Å²) >= 11 is 0. The summed E-state index contributed by atoms with van der Waals surface area (Å²) in [6, 6.07) is 4.31. The first-order valence-electron chi connectivity index (χ1n) is 4.94. The summed E-state index contributed by atoms with van der Waals surface area (Å²) in [7, 11) is 0. The monoisotopic (exact) mass is 243 g/mol. The molecular weight excluding hydrogens is 231 g/mol. The van der Waals surface area contributed by atoms with Crippen LogP contribution in [0, 0.1) is 0 Å². The number of hydrogen-bond donors (Lipinski definition) is 1. The number of benzene rings is 1. The Bertz CT molecular complexity index is 409. The highest BCUT2D eigenvalue weighted by molar-refractivity contribution is 5.87. The highest BCUT2D eigenvalue weighted by Gasteiger charge is 2.30. The number of rotatable bonds is 3. The summed E-state index contributed by atoms with van der Waals surface area (Å²) in [4.78, 5) is 11.0. The van der Waals surface area contributed by atoms with E-state index in [4.69, 9.17) is 0 Å². The lowest BCUT2D eigenvalue weighted by Gasteiger charge is -2.14. The average molecular weight is 243 g/mol. The molecule has 0 radical (unpaired) electrons. The van der Waals surface area contributed by atoms with E-state index in [0.29, 0.717) is 5.56 Å². The molecule has 0 fully saturated rings. The summed E-state index contributed by atoms with van der Waals surface area (Å²) in [5, 5.41) is 2.57. The lowest BCUT2D eigenvalue weighted by molar-refractivity contribution is -0.137. The second-order valence-corrected chi connectivity index (χ2v) is 3.55. The molecule has 0 saturated carbocycles. The van der Waals surface area contributed by atoms with Gasteiger partial charge in [0.25, 0.3) is 0 Å². The van der Waals surface area contributed by atoms with Crippen LogP contribution in [0.5, 0.6) is 0 Å². The van der Waals surface area contributed by atoms with Crippen LogP contribution in [-0.4, -0.2) is 5.91 Å². The molecule has 17 heavy (non-hydrogen) atoms. The van der Waals surface area contributed by atoms with E-state index in [0.717, 1.165) is 18.2 Å². The van der Waals surface area contributed by atoms with Gasteiger partial charge in [-0.05, 0) is 30.7 Å². The van der Waals surface area contributed by atoms with Crippen molar-refractivity contribution in [3.05, 3.63) is 48.0 Å². The van der Waals surface area contributed by atoms with Crippen molar-refractivity contribution in [1.29, 1.82) is 0 Å². The Morgan fingerprint density at radius 3 is 2.29 bits per heavy atom. The van der Waals surface area contributed by atoms with Crippen LogP contribution < -0.4 is 5.32 Å². The quantitative estimate of drug-likeness (QED) is 0.812. The smallest absolute Gasteiger partial charge is 0.346 e. The third-order valence-electron chi connectivity index (χ3n) is 2.28. The molecule has 0 saturated heterocycles. The Labute approximate surface area is 97.1 Å². The first-order chi connectivity index (χ1) is 7.84. The van der Waals surface area contributed by atoms with Crippen LogP contribution in [0.4, 0.5) is 13.2 Å². The summed E-state index contributed by atoms with van der Waals surface area (Å²) in [5.74, 6) is -0.364. The normalized spacial score (nSPS) is 12.9. The molecule has 0 aromatic heterocycles. The van der Waals surface area contributed by atoms with E-state index in [2.05, 4.69) is 11.9 Å². The van der Waals surface area contributed by atoms with Gasteiger partial charge in [0.1, 0.15) is 0 Å². The van der Waals surface area contributed by atoms with Crippen LogP contribution in [0.1, 0.15) is 24.1 Å². The number of carbonyl (C=O) groups excluding carboxylic acids is 1. The molecule has 0 aliphatic heterocycles. The lowest BCUT2D eigenvalue weighted by atomic mass is 10.1. The molecule has 1 aromatic carbocycles. The van der Waals surface area contributed by atoms with Gasteiger partial charge >= 0.3 is 6.18 Å². The van der Waals surface area contributed by atoms with Gasteiger partial charge in [-0.25, -0.2) is 0 Å². The highest BCUT2D eigenvalue weighted by Crippen LogP contribution is 2.29. The Hall–Kier alpha value is -1.78. The standard InChI is InChI=1S/C12H12F3NO/c1-3-11(17)16-8(2)9-4-6-10(7-5-9)12(13,14)15/h3-8H,1H2,2H3,(H,16,17)/t8-/m0/s1. The van der Waals surface area contributed by atoms with Crippen molar-refractivity contribution in [3.63, 3.8) is 0 Å². The molecular formula is C12H12F3NO. The Morgan fingerprint density at radius 1 is 1.35 bits per heavy atom. The van der Waals surface area contributed by atoms with Gasteiger partial charge in [-0.3, -0.25) is 4.79 Å². The van der Waals surface area contributed by atoms with E-state index >= 15 is 0 Å². The van der Waals surface area contributed by atoms with Gasteiger partial charge in [-0.15, -0.1) is 0 Å². The number of alkyl halides is 3. The second-order valence-electron chi connectivity index (χ2n) is 3.55. The minimum Gasteiger partial charge on any atom is -0.346 e. The van der Waals surface area contributed by atoms with Crippen LogP contribution in [0.2, 0.25) is 0 Å². The van der Waals surface area contributed by atoms with Crippen molar-refractivity contribution in [3.8, 4) is 0 Å². The molecule has 0 aliphatic carbocycles. The van der Waals surface area contributed by atoms with E-state index in [1.54, 1.807) is 6.92 Å². The molecule has 1 rings (SSSR count). The second kappa shape index (κ2) is 5.03. The number of carbonyl (C=O) groups is 1. The molecule has 5 heteroatoms. The van der Waals surface area contributed by atoms with Crippen molar-refractivity contribution in [1.82, 2.24) is 5.32 Å². The van der Waals surface area contributed by atoms with Gasteiger partial charge in [0.15, 0.2) is 0 Å². The van der Waals surface area contributed by atoms with Crippen molar-refractivity contribution in [2.24, 2.45) is 0 Å². The van der Waals surface area contributed by atoms with Crippen molar-refractivity contribution < 1.29 is 18.0 Å². The first-order valence-corrected chi connectivity index (χ1v) is 4.94. The van der Waals surface area contributed by atoms with Gasteiger partial charge in [0.05, 0.1) is 11.6 Å². The van der Waals surface area contributed by atoms with Crippen molar-refractivity contribution in [2.45, 2.75) is 19.1 Å². The fraction of sp³-hybridized carbons (Fsp3) is 0.250. The van der Waals surface area contributed by atoms with E-state index in [1.165, 1.54) is 12.1 Å². The molecule has 0 unspecified atom stereocenters.